The lowest BCUT2D eigenvalue weighted by molar-refractivity contribution is 0.174. The SMILES string of the molecule is COc1cccc(/C=C/CN(C)Cc2ccc3c(c2)OCO3)c1. The first-order valence-electron chi connectivity index (χ1n) is 7.62. The van der Waals surface area contributed by atoms with Gasteiger partial charge in [-0.1, -0.05) is 30.4 Å². The molecular weight excluding hydrogens is 290 g/mol. The fourth-order valence-corrected chi connectivity index (χ4v) is 2.53. The molecule has 0 aromatic heterocycles. The van der Waals surface area contributed by atoms with Crippen molar-refractivity contribution in [3.05, 3.63) is 59.7 Å². The predicted molar refractivity (Wildman–Crippen MR) is 90.9 cm³/mol. The van der Waals surface area contributed by atoms with Crippen LogP contribution in [0.4, 0.5) is 0 Å². The smallest absolute Gasteiger partial charge is 0.231 e. The standard InChI is InChI=1S/C19H21NO3/c1-20(10-4-6-15-5-3-7-17(11-15)21-2)13-16-8-9-18-19(12-16)23-14-22-18/h3-9,11-12H,10,13-14H2,1-2H3/b6-4+. The molecule has 0 fully saturated rings. The van der Waals surface area contributed by atoms with Crippen LogP contribution < -0.4 is 14.2 Å². The first-order chi connectivity index (χ1) is 11.2. The maximum Gasteiger partial charge on any atom is 0.231 e. The molecule has 1 heterocycles. The lowest BCUT2D eigenvalue weighted by Gasteiger charge is -2.14. The summed E-state index contributed by atoms with van der Waals surface area (Å²) in [5.74, 6) is 2.54. The maximum atomic E-state index is 5.41. The Morgan fingerprint density at radius 2 is 2.00 bits per heavy atom. The quantitative estimate of drug-likeness (QED) is 0.816. The van der Waals surface area contributed by atoms with E-state index in [0.29, 0.717) is 6.79 Å². The fraction of sp³-hybridized carbons (Fsp3) is 0.263. The van der Waals surface area contributed by atoms with E-state index in [4.69, 9.17) is 14.2 Å². The summed E-state index contributed by atoms with van der Waals surface area (Å²) in [6, 6.07) is 14.1. The van der Waals surface area contributed by atoms with Gasteiger partial charge < -0.3 is 14.2 Å². The molecular formula is C19H21NO3. The Balaban J connectivity index is 1.54. The number of hydrogen-bond acceptors (Lipinski definition) is 4. The van der Waals surface area contributed by atoms with Crippen LogP contribution in [0.5, 0.6) is 17.2 Å². The summed E-state index contributed by atoms with van der Waals surface area (Å²) in [4.78, 5) is 2.24. The van der Waals surface area contributed by atoms with Crippen LogP contribution in [-0.2, 0) is 6.54 Å². The number of ether oxygens (including phenoxy) is 3. The van der Waals surface area contributed by atoms with Crippen molar-refractivity contribution in [3.8, 4) is 17.2 Å². The number of rotatable bonds is 6. The number of methoxy groups -OCH3 is 1. The van der Waals surface area contributed by atoms with Crippen LogP contribution in [-0.4, -0.2) is 32.4 Å². The zero-order chi connectivity index (χ0) is 16.1. The minimum Gasteiger partial charge on any atom is -0.497 e. The molecule has 1 aliphatic rings. The van der Waals surface area contributed by atoms with Gasteiger partial charge in [0.1, 0.15) is 5.75 Å². The molecule has 0 saturated carbocycles. The molecule has 1 aliphatic heterocycles. The second-order valence-corrected chi connectivity index (χ2v) is 5.56. The zero-order valence-corrected chi connectivity index (χ0v) is 13.5. The molecule has 0 radical (unpaired) electrons. The molecule has 120 valence electrons. The summed E-state index contributed by atoms with van der Waals surface area (Å²) in [6.07, 6.45) is 4.26. The molecule has 2 aromatic carbocycles. The minimum absolute atomic E-state index is 0.317. The zero-order valence-electron chi connectivity index (χ0n) is 13.5. The van der Waals surface area contributed by atoms with Crippen LogP contribution in [0, 0.1) is 0 Å². The molecule has 4 heteroatoms. The summed E-state index contributed by atoms with van der Waals surface area (Å²) in [5, 5.41) is 0. The minimum atomic E-state index is 0.317. The highest BCUT2D eigenvalue weighted by Crippen LogP contribution is 2.32. The Bertz CT molecular complexity index is 697. The average molecular weight is 311 g/mol. The lowest BCUT2D eigenvalue weighted by atomic mass is 10.2. The number of hydrogen-bond donors (Lipinski definition) is 0. The van der Waals surface area contributed by atoms with Crippen molar-refractivity contribution in [1.82, 2.24) is 4.90 Å². The molecule has 4 nitrogen and oxygen atoms in total. The number of benzene rings is 2. The first kappa shape index (κ1) is 15.4. The van der Waals surface area contributed by atoms with Crippen LogP contribution in [0.2, 0.25) is 0 Å². The average Bonchev–Trinajstić information content (AvgIpc) is 3.02. The van der Waals surface area contributed by atoms with Crippen molar-refractivity contribution in [2.75, 3.05) is 27.5 Å². The Morgan fingerprint density at radius 1 is 1.13 bits per heavy atom. The van der Waals surface area contributed by atoms with E-state index in [9.17, 15) is 0 Å². The second kappa shape index (κ2) is 7.20. The fourth-order valence-electron chi connectivity index (χ4n) is 2.53. The van der Waals surface area contributed by atoms with Crippen molar-refractivity contribution in [1.29, 1.82) is 0 Å². The lowest BCUT2D eigenvalue weighted by Crippen LogP contribution is -2.17. The Hall–Kier alpha value is -2.46. The van der Waals surface area contributed by atoms with Gasteiger partial charge in [0.05, 0.1) is 7.11 Å². The van der Waals surface area contributed by atoms with Gasteiger partial charge in [-0.05, 0) is 42.4 Å². The molecule has 2 aromatic rings. The van der Waals surface area contributed by atoms with E-state index in [1.165, 1.54) is 5.56 Å². The molecule has 0 atom stereocenters. The number of likely N-dealkylation sites (N-methyl/N-ethyl adjacent to an activating group) is 1. The Kier molecular flexibility index (Phi) is 4.83. The first-order valence-corrected chi connectivity index (χ1v) is 7.62. The number of nitrogens with zero attached hydrogens (tertiary/aromatic N) is 1. The highest BCUT2D eigenvalue weighted by Gasteiger charge is 2.13. The predicted octanol–water partition coefficient (Wildman–Crippen LogP) is 3.57. The monoisotopic (exact) mass is 311 g/mol. The second-order valence-electron chi connectivity index (χ2n) is 5.56. The van der Waals surface area contributed by atoms with Crippen molar-refractivity contribution >= 4 is 6.08 Å². The summed E-state index contributed by atoms with van der Waals surface area (Å²) in [7, 11) is 3.78. The largest absolute Gasteiger partial charge is 0.497 e. The van der Waals surface area contributed by atoms with E-state index in [1.807, 2.05) is 30.3 Å². The van der Waals surface area contributed by atoms with Gasteiger partial charge in [0.15, 0.2) is 11.5 Å². The Labute approximate surface area is 136 Å². The van der Waals surface area contributed by atoms with Crippen molar-refractivity contribution < 1.29 is 14.2 Å². The molecule has 0 spiro atoms. The third-order valence-corrected chi connectivity index (χ3v) is 3.71. The van der Waals surface area contributed by atoms with Crippen LogP contribution in [0.1, 0.15) is 11.1 Å². The van der Waals surface area contributed by atoms with Crippen LogP contribution in [0.25, 0.3) is 6.08 Å². The maximum absolute atomic E-state index is 5.41. The van der Waals surface area contributed by atoms with Gasteiger partial charge in [-0.15, -0.1) is 0 Å². The van der Waals surface area contributed by atoms with Crippen LogP contribution in [0.15, 0.2) is 48.5 Å². The third kappa shape index (κ3) is 4.05. The van der Waals surface area contributed by atoms with Crippen molar-refractivity contribution in [3.63, 3.8) is 0 Å². The molecule has 23 heavy (non-hydrogen) atoms. The topological polar surface area (TPSA) is 30.9 Å². The normalized spacial score (nSPS) is 13.0. The summed E-state index contributed by atoms with van der Waals surface area (Å²) >= 11 is 0. The van der Waals surface area contributed by atoms with Gasteiger partial charge in [-0.2, -0.15) is 0 Å². The van der Waals surface area contributed by atoms with Gasteiger partial charge in [0, 0.05) is 13.1 Å². The molecule has 3 rings (SSSR count). The third-order valence-electron chi connectivity index (χ3n) is 3.71. The summed E-state index contributed by atoms with van der Waals surface area (Å²) < 4.78 is 16.0. The number of fused-ring (bicyclic) bond motifs is 1. The van der Waals surface area contributed by atoms with Crippen LogP contribution >= 0.6 is 0 Å². The Morgan fingerprint density at radius 3 is 2.87 bits per heavy atom. The van der Waals surface area contributed by atoms with Crippen molar-refractivity contribution in [2.45, 2.75) is 6.54 Å². The van der Waals surface area contributed by atoms with Gasteiger partial charge in [-0.25, -0.2) is 0 Å². The van der Waals surface area contributed by atoms with Gasteiger partial charge in [0.2, 0.25) is 6.79 Å². The van der Waals surface area contributed by atoms with Crippen LogP contribution in [0.3, 0.4) is 0 Å². The van der Waals surface area contributed by atoms with E-state index in [-0.39, 0.29) is 0 Å². The van der Waals surface area contributed by atoms with E-state index in [1.54, 1.807) is 7.11 Å². The molecule has 0 amide bonds. The van der Waals surface area contributed by atoms with Gasteiger partial charge in [-0.3, -0.25) is 4.90 Å². The van der Waals surface area contributed by atoms with Gasteiger partial charge in [0.25, 0.3) is 0 Å². The highest BCUT2D eigenvalue weighted by atomic mass is 16.7. The van der Waals surface area contributed by atoms with E-state index < -0.39 is 0 Å². The molecule has 0 saturated heterocycles. The molecule has 0 unspecified atom stereocenters. The summed E-state index contributed by atoms with van der Waals surface area (Å²) in [6.45, 7) is 2.04. The van der Waals surface area contributed by atoms with E-state index in [0.717, 1.165) is 35.9 Å². The van der Waals surface area contributed by atoms with Crippen molar-refractivity contribution in [2.24, 2.45) is 0 Å². The molecule has 0 aliphatic carbocycles. The van der Waals surface area contributed by atoms with E-state index in [2.05, 4.69) is 36.2 Å². The molecule has 0 bridgehead atoms. The molecule has 0 N–H and O–H groups in total. The van der Waals surface area contributed by atoms with Gasteiger partial charge >= 0.3 is 0 Å². The highest BCUT2D eigenvalue weighted by molar-refractivity contribution is 5.51. The van der Waals surface area contributed by atoms with E-state index >= 15 is 0 Å². The summed E-state index contributed by atoms with van der Waals surface area (Å²) in [5.41, 5.74) is 2.35.